The lowest BCUT2D eigenvalue weighted by atomic mass is 9.82. The van der Waals surface area contributed by atoms with Crippen LogP contribution in [-0.2, 0) is 14.4 Å². The highest BCUT2D eigenvalue weighted by Crippen LogP contribution is 2.27. The van der Waals surface area contributed by atoms with Crippen molar-refractivity contribution < 1.29 is 19.5 Å². The third kappa shape index (κ3) is 4.42. The first kappa shape index (κ1) is 16.7. The summed E-state index contributed by atoms with van der Waals surface area (Å²) in [6.07, 6.45) is 4.77. The summed E-state index contributed by atoms with van der Waals surface area (Å²) in [6, 6.07) is 6.80. The Bertz CT molecular complexity index is 639. The van der Waals surface area contributed by atoms with Crippen molar-refractivity contribution in [3.05, 3.63) is 36.4 Å². The Morgan fingerprint density at radius 1 is 1.09 bits per heavy atom. The molecule has 2 atom stereocenters. The van der Waals surface area contributed by atoms with Gasteiger partial charge in [0.05, 0.1) is 11.8 Å². The zero-order chi connectivity index (χ0) is 16.8. The predicted molar refractivity (Wildman–Crippen MR) is 87.0 cm³/mol. The van der Waals surface area contributed by atoms with Crippen LogP contribution in [0.5, 0.6) is 0 Å². The number of rotatable bonds is 5. The zero-order valence-electron chi connectivity index (χ0n) is 12.9. The fourth-order valence-corrected chi connectivity index (χ4v) is 2.54. The summed E-state index contributed by atoms with van der Waals surface area (Å²) < 4.78 is 0. The molecule has 0 aromatic heterocycles. The third-order valence-electron chi connectivity index (χ3n) is 3.82. The van der Waals surface area contributed by atoms with Crippen molar-refractivity contribution >= 4 is 29.2 Å². The van der Waals surface area contributed by atoms with E-state index in [9.17, 15) is 19.5 Å². The van der Waals surface area contributed by atoms with Gasteiger partial charge in [0, 0.05) is 17.8 Å². The fourth-order valence-electron chi connectivity index (χ4n) is 2.54. The van der Waals surface area contributed by atoms with Crippen molar-refractivity contribution in [2.75, 3.05) is 10.6 Å². The van der Waals surface area contributed by atoms with Crippen molar-refractivity contribution in [1.29, 1.82) is 0 Å². The molecule has 2 rings (SSSR count). The van der Waals surface area contributed by atoms with Gasteiger partial charge >= 0.3 is 5.97 Å². The van der Waals surface area contributed by atoms with Crippen LogP contribution in [-0.4, -0.2) is 22.9 Å². The highest BCUT2D eigenvalue weighted by molar-refractivity contribution is 5.96. The van der Waals surface area contributed by atoms with Crippen LogP contribution >= 0.6 is 0 Å². The number of hydrogen-bond acceptors (Lipinski definition) is 3. The Kier molecular flexibility index (Phi) is 5.51. The molecule has 0 spiro atoms. The lowest BCUT2D eigenvalue weighted by Gasteiger charge is -2.24. The molecule has 6 heteroatoms. The summed E-state index contributed by atoms with van der Waals surface area (Å²) in [5.74, 6) is -2.69. The van der Waals surface area contributed by atoms with Crippen molar-refractivity contribution in [2.24, 2.45) is 11.8 Å². The van der Waals surface area contributed by atoms with E-state index in [0.29, 0.717) is 30.6 Å². The molecule has 6 nitrogen and oxygen atoms in total. The van der Waals surface area contributed by atoms with Crippen LogP contribution in [0.2, 0.25) is 0 Å². The van der Waals surface area contributed by atoms with Crippen molar-refractivity contribution in [2.45, 2.75) is 26.2 Å². The van der Waals surface area contributed by atoms with Crippen molar-refractivity contribution in [1.82, 2.24) is 0 Å². The maximum atomic E-state index is 12.4. The number of carbonyl (C=O) groups excluding carboxylic acids is 2. The number of carboxylic acids is 1. The Morgan fingerprint density at radius 2 is 1.70 bits per heavy atom. The first-order valence-electron chi connectivity index (χ1n) is 7.60. The number of anilines is 2. The van der Waals surface area contributed by atoms with Gasteiger partial charge in [0.1, 0.15) is 0 Å². The average molecular weight is 316 g/mol. The highest BCUT2D eigenvalue weighted by Gasteiger charge is 2.33. The molecule has 0 bridgehead atoms. The number of benzene rings is 1. The minimum atomic E-state index is -0.960. The molecule has 1 aromatic carbocycles. The Hall–Kier alpha value is -2.63. The molecule has 0 heterocycles. The highest BCUT2D eigenvalue weighted by atomic mass is 16.4. The molecule has 122 valence electrons. The summed E-state index contributed by atoms with van der Waals surface area (Å²) in [5, 5.41) is 14.7. The van der Waals surface area contributed by atoms with Gasteiger partial charge in [0.15, 0.2) is 0 Å². The lowest BCUT2D eigenvalue weighted by Crippen LogP contribution is -2.34. The van der Waals surface area contributed by atoms with E-state index >= 15 is 0 Å². The van der Waals surface area contributed by atoms with E-state index in [1.807, 2.05) is 6.08 Å². The molecular weight excluding hydrogens is 296 g/mol. The van der Waals surface area contributed by atoms with Crippen molar-refractivity contribution in [3.8, 4) is 0 Å². The maximum Gasteiger partial charge on any atom is 0.307 e. The number of aliphatic carboxylic acids is 1. The smallest absolute Gasteiger partial charge is 0.307 e. The zero-order valence-corrected chi connectivity index (χ0v) is 12.9. The van der Waals surface area contributed by atoms with Crippen LogP contribution in [0.3, 0.4) is 0 Å². The van der Waals surface area contributed by atoms with E-state index in [1.54, 1.807) is 37.3 Å². The molecule has 1 aliphatic carbocycles. The summed E-state index contributed by atoms with van der Waals surface area (Å²) in [7, 11) is 0. The van der Waals surface area contributed by atoms with Gasteiger partial charge in [-0.3, -0.25) is 14.4 Å². The standard InChI is InChI=1S/C17H20N2O4/c1-2-15(20)18-11-6-5-7-12(10-11)19-16(21)13-8-3-4-9-14(13)17(22)23/h3-7,10,13-14H,2,8-9H2,1H3,(H,18,20)(H,19,21)(H,22,23)/t13-,14+/m1/s1. The van der Waals surface area contributed by atoms with Crippen LogP contribution in [0.1, 0.15) is 26.2 Å². The van der Waals surface area contributed by atoms with E-state index < -0.39 is 17.8 Å². The SMILES string of the molecule is CCC(=O)Nc1cccc(NC(=O)[C@@H]2CC=CC[C@@H]2C(=O)O)c1. The van der Waals surface area contributed by atoms with Gasteiger partial charge in [0.25, 0.3) is 0 Å². The number of carboxylic acid groups (broad SMARTS) is 1. The second-order valence-electron chi connectivity index (χ2n) is 5.47. The molecule has 0 saturated carbocycles. The normalized spacial score (nSPS) is 19.9. The topological polar surface area (TPSA) is 95.5 Å². The second kappa shape index (κ2) is 7.58. The van der Waals surface area contributed by atoms with Crippen LogP contribution in [0.25, 0.3) is 0 Å². The summed E-state index contributed by atoms with van der Waals surface area (Å²) in [6.45, 7) is 1.75. The quantitative estimate of drug-likeness (QED) is 0.728. The molecule has 23 heavy (non-hydrogen) atoms. The average Bonchev–Trinajstić information content (AvgIpc) is 2.55. The molecule has 0 unspecified atom stereocenters. The number of hydrogen-bond donors (Lipinski definition) is 3. The molecule has 3 N–H and O–H groups in total. The van der Waals surface area contributed by atoms with Gasteiger partial charge in [-0.2, -0.15) is 0 Å². The first-order valence-corrected chi connectivity index (χ1v) is 7.60. The van der Waals surface area contributed by atoms with Gasteiger partial charge in [0.2, 0.25) is 11.8 Å². The number of allylic oxidation sites excluding steroid dienone is 2. The van der Waals surface area contributed by atoms with Crippen molar-refractivity contribution in [3.63, 3.8) is 0 Å². The maximum absolute atomic E-state index is 12.4. The van der Waals surface area contributed by atoms with E-state index in [1.165, 1.54) is 0 Å². The second-order valence-corrected chi connectivity index (χ2v) is 5.47. The summed E-state index contributed by atoms with van der Waals surface area (Å²) in [5.41, 5.74) is 1.12. The molecule has 1 aromatic rings. The van der Waals surface area contributed by atoms with Gasteiger partial charge in [-0.1, -0.05) is 25.1 Å². The van der Waals surface area contributed by atoms with E-state index in [-0.39, 0.29) is 11.8 Å². The number of carbonyl (C=O) groups is 3. The van der Waals surface area contributed by atoms with Gasteiger partial charge in [-0.05, 0) is 31.0 Å². The van der Waals surface area contributed by atoms with Crippen LogP contribution < -0.4 is 10.6 Å². The number of nitrogens with one attached hydrogen (secondary N) is 2. The van der Waals surface area contributed by atoms with Crippen LogP contribution in [0.4, 0.5) is 11.4 Å². The van der Waals surface area contributed by atoms with E-state index in [0.717, 1.165) is 0 Å². The van der Waals surface area contributed by atoms with Gasteiger partial charge in [-0.25, -0.2) is 0 Å². The Labute approximate surface area is 134 Å². The predicted octanol–water partition coefficient (Wildman–Crippen LogP) is 2.64. The summed E-state index contributed by atoms with van der Waals surface area (Å²) in [4.78, 5) is 35.1. The molecular formula is C17H20N2O4. The minimum absolute atomic E-state index is 0.114. The van der Waals surface area contributed by atoms with E-state index in [2.05, 4.69) is 10.6 Å². The van der Waals surface area contributed by atoms with Crippen LogP contribution in [0.15, 0.2) is 36.4 Å². The Balaban J connectivity index is 2.07. The molecule has 0 fully saturated rings. The number of amides is 2. The largest absolute Gasteiger partial charge is 0.481 e. The van der Waals surface area contributed by atoms with Crippen LogP contribution in [0, 0.1) is 11.8 Å². The lowest BCUT2D eigenvalue weighted by molar-refractivity contribution is -0.146. The molecule has 0 aliphatic heterocycles. The fraction of sp³-hybridized carbons (Fsp3) is 0.353. The first-order chi connectivity index (χ1) is 11.0. The van der Waals surface area contributed by atoms with Gasteiger partial charge in [-0.15, -0.1) is 0 Å². The monoisotopic (exact) mass is 316 g/mol. The van der Waals surface area contributed by atoms with E-state index in [4.69, 9.17) is 0 Å². The Morgan fingerprint density at radius 3 is 2.30 bits per heavy atom. The molecule has 0 saturated heterocycles. The molecule has 2 amide bonds. The van der Waals surface area contributed by atoms with Gasteiger partial charge < -0.3 is 15.7 Å². The molecule has 1 aliphatic rings. The minimum Gasteiger partial charge on any atom is -0.481 e. The molecule has 0 radical (unpaired) electrons. The summed E-state index contributed by atoms with van der Waals surface area (Å²) >= 11 is 0. The third-order valence-corrected chi connectivity index (χ3v) is 3.82.